The monoisotopic (exact) mass is 257 g/mol. The highest BCUT2D eigenvalue weighted by atomic mass is 35.5. The molecule has 0 saturated carbocycles. The molecule has 1 unspecified atom stereocenters. The van der Waals surface area contributed by atoms with Crippen LogP contribution in [0.25, 0.3) is 0 Å². The van der Waals surface area contributed by atoms with Crippen molar-refractivity contribution in [1.82, 2.24) is 5.32 Å². The smallest absolute Gasteiger partial charge is 0.123 e. The SMILES string of the molecule is CCCNC(CC(C)C)c1cc(F)ccc1Cl. The molecule has 0 aromatic heterocycles. The number of rotatable bonds is 6. The van der Waals surface area contributed by atoms with Crippen molar-refractivity contribution in [2.45, 2.75) is 39.7 Å². The molecule has 0 fully saturated rings. The van der Waals surface area contributed by atoms with Gasteiger partial charge in [0.1, 0.15) is 5.82 Å². The molecule has 1 N–H and O–H groups in total. The van der Waals surface area contributed by atoms with Crippen LogP contribution in [0.4, 0.5) is 4.39 Å². The van der Waals surface area contributed by atoms with E-state index >= 15 is 0 Å². The summed E-state index contributed by atoms with van der Waals surface area (Å²) in [6.07, 6.45) is 2.02. The predicted molar refractivity (Wildman–Crippen MR) is 71.9 cm³/mol. The van der Waals surface area contributed by atoms with E-state index in [0.717, 1.165) is 24.9 Å². The normalized spacial score (nSPS) is 13.1. The first-order valence-electron chi connectivity index (χ1n) is 6.23. The van der Waals surface area contributed by atoms with Crippen LogP contribution in [0.15, 0.2) is 18.2 Å². The summed E-state index contributed by atoms with van der Waals surface area (Å²) in [6.45, 7) is 7.36. The van der Waals surface area contributed by atoms with Crippen LogP contribution >= 0.6 is 11.6 Å². The molecular formula is C14H21ClFN. The van der Waals surface area contributed by atoms with Crippen molar-refractivity contribution in [3.05, 3.63) is 34.6 Å². The van der Waals surface area contributed by atoms with E-state index in [1.54, 1.807) is 6.07 Å². The highest BCUT2D eigenvalue weighted by Gasteiger charge is 2.16. The highest BCUT2D eigenvalue weighted by molar-refractivity contribution is 6.31. The Morgan fingerprint density at radius 1 is 1.35 bits per heavy atom. The zero-order valence-corrected chi connectivity index (χ0v) is 11.5. The molecule has 96 valence electrons. The van der Waals surface area contributed by atoms with E-state index < -0.39 is 0 Å². The molecule has 0 radical (unpaired) electrons. The Morgan fingerprint density at radius 3 is 2.65 bits per heavy atom. The Bertz CT molecular complexity index is 352. The number of nitrogens with one attached hydrogen (secondary N) is 1. The molecular weight excluding hydrogens is 237 g/mol. The maximum Gasteiger partial charge on any atom is 0.123 e. The van der Waals surface area contributed by atoms with Gasteiger partial charge in [0.25, 0.3) is 0 Å². The van der Waals surface area contributed by atoms with Crippen molar-refractivity contribution >= 4 is 11.6 Å². The molecule has 0 heterocycles. The van der Waals surface area contributed by atoms with Gasteiger partial charge in [-0.2, -0.15) is 0 Å². The molecule has 0 aliphatic heterocycles. The summed E-state index contributed by atoms with van der Waals surface area (Å²) in [7, 11) is 0. The van der Waals surface area contributed by atoms with Crippen molar-refractivity contribution in [2.24, 2.45) is 5.92 Å². The molecule has 1 atom stereocenters. The second-order valence-electron chi connectivity index (χ2n) is 4.80. The standard InChI is InChI=1S/C14H21ClFN/c1-4-7-17-14(8-10(2)3)12-9-11(16)5-6-13(12)15/h5-6,9-10,14,17H,4,7-8H2,1-3H3. The first kappa shape index (κ1) is 14.5. The fourth-order valence-corrected chi connectivity index (χ4v) is 2.14. The van der Waals surface area contributed by atoms with E-state index in [2.05, 4.69) is 26.1 Å². The van der Waals surface area contributed by atoms with Gasteiger partial charge in [0.05, 0.1) is 0 Å². The Hall–Kier alpha value is -0.600. The number of hydrogen-bond donors (Lipinski definition) is 1. The van der Waals surface area contributed by atoms with Gasteiger partial charge in [0.2, 0.25) is 0 Å². The third-order valence-corrected chi connectivity index (χ3v) is 3.03. The zero-order chi connectivity index (χ0) is 12.8. The topological polar surface area (TPSA) is 12.0 Å². The van der Waals surface area contributed by atoms with Gasteiger partial charge in [-0.05, 0) is 49.1 Å². The van der Waals surface area contributed by atoms with Crippen LogP contribution in [0.1, 0.15) is 45.2 Å². The molecule has 0 bridgehead atoms. The molecule has 0 aliphatic carbocycles. The molecule has 1 aromatic carbocycles. The van der Waals surface area contributed by atoms with Crippen LogP contribution < -0.4 is 5.32 Å². The fraction of sp³-hybridized carbons (Fsp3) is 0.571. The molecule has 0 amide bonds. The summed E-state index contributed by atoms with van der Waals surface area (Å²) in [4.78, 5) is 0. The first-order valence-corrected chi connectivity index (χ1v) is 6.60. The summed E-state index contributed by atoms with van der Waals surface area (Å²) >= 11 is 6.15. The van der Waals surface area contributed by atoms with Gasteiger partial charge in [-0.1, -0.05) is 32.4 Å². The molecule has 1 nitrogen and oxygen atoms in total. The molecule has 0 aliphatic rings. The second kappa shape index (κ2) is 6.97. The summed E-state index contributed by atoms with van der Waals surface area (Å²) < 4.78 is 13.3. The number of hydrogen-bond acceptors (Lipinski definition) is 1. The number of benzene rings is 1. The first-order chi connectivity index (χ1) is 8.04. The van der Waals surface area contributed by atoms with Crippen LogP contribution in [0.2, 0.25) is 5.02 Å². The van der Waals surface area contributed by atoms with Crippen LogP contribution in [-0.4, -0.2) is 6.54 Å². The van der Waals surface area contributed by atoms with E-state index in [9.17, 15) is 4.39 Å². The van der Waals surface area contributed by atoms with Crippen molar-refractivity contribution in [2.75, 3.05) is 6.54 Å². The minimum absolute atomic E-state index is 0.137. The average molecular weight is 258 g/mol. The van der Waals surface area contributed by atoms with Gasteiger partial charge in [-0.3, -0.25) is 0 Å². The van der Waals surface area contributed by atoms with Gasteiger partial charge < -0.3 is 5.32 Å². The van der Waals surface area contributed by atoms with Crippen LogP contribution in [0.5, 0.6) is 0 Å². The maximum absolute atomic E-state index is 13.3. The summed E-state index contributed by atoms with van der Waals surface area (Å²) in [5.41, 5.74) is 0.869. The van der Waals surface area contributed by atoms with Gasteiger partial charge in [0, 0.05) is 11.1 Å². The molecule has 0 saturated heterocycles. The zero-order valence-electron chi connectivity index (χ0n) is 10.8. The maximum atomic E-state index is 13.3. The van der Waals surface area contributed by atoms with E-state index in [1.807, 2.05) is 0 Å². The largest absolute Gasteiger partial charge is 0.310 e. The van der Waals surface area contributed by atoms with E-state index in [4.69, 9.17) is 11.6 Å². The van der Waals surface area contributed by atoms with E-state index in [-0.39, 0.29) is 11.9 Å². The third-order valence-electron chi connectivity index (χ3n) is 2.68. The molecule has 1 aromatic rings. The lowest BCUT2D eigenvalue weighted by molar-refractivity contribution is 0.428. The highest BCUT2D eigenvalue weighted by Crippen LogP contribution is 2.28. The summed E-state index contributed by atoms with van der Waals surface area (Å²) in [6, 6.07) is 4.71. The summed E-state index contributed by atoms with van der Waals surface area (Å²) in [5.74, 6) is 0.320. The van der Waals surface area contributed by atoms with Gasteiger partial charge in [0.15, 0.2) is 0 Å². The summed E-state index contributed by atoms with van der Waals surface area (Å²) in [5, 5.41) is 4.07. The van der Waals surface area contributed by atoms with Gasteiger partial charge >= 0.3 is 0 Å². The lowest BCUT2D eigenvalue weighted by Crippen LogP contribution is -2.24. The fourth-order valence-electron chi connectivity index (χ4n) is 1.89. The van der Waals surface area contributed by atoms with Crippen molar-refractivity contribution in [3.63, 3.8) is 0 Å². The Labute approximate surface area is 108 Å². The predicted octanol–water partition coefficient (Wildman–Crippen LogP) is 4.57. The van der Waals surface area contributed by atoms with Crippen LogP contribution in [0, 0.1) is 11.7 Å². The van der Waals surface area contributed by atoms with E-state index in [1.165, 1.54) is 12.1 Å². The minimum atomic E-state index is -0.226. The quantitative estimate of drug-likeness (QED) is 0.787. The third kappa shape index (κ3) is 4.64. The minimum Gasteiger partial charge on any atom is -0.310 e. The van der Waals surface area contributed by atoms with Crippen molar-refractivity contribution < 1.29 is 4.39 Å². The van der Waals surface area contributed by atoms with Crippen LogP contribution in [0.3, 0.4) is 0 Å². The Morgan fingerprint density at radius 2 is 2.06 bits per heavy atom. The average Bonchev–Trinajstić information content (AvgIpc) is 2.27. The molecule has 3 heteroatoms. The van der Waals surface area contributed by atoms with Crippen LogP contribution in [-0.2, 0) is 0 Å². The Balaban J connectivity index is 2.90. The van der Waals surface area contributed by atoms with E-state index in [0.29, 0.717) is 10.9 Å². The van der Waals surface area contributed by atoms with Gasteiger partial charge in [-0.15, -0.1) is 0 Å². The Kier molecular flexibility index (Phi) is 5.93. The number of halogens is 2. The van der Waals surface area contributed by atoms with Crippen molar-refractivity contribution in [3.8, 4) is 0 Å². The molecule has 1 rings (SSSR count). The van der Waals surface area contributed by atoms with Crippen molar-refractivity contribution in [1.29, 1.82) is 0 Å². The molecule has 17 heavy (non-hydrogen) atoms. The second-order valence-corrected chi connectivity index (χ2v) is 5.21. The van der Waals surface area contributed by atoms with Gasteiger partial charge in [-0.25, -0.2) is 4.39 Å². The molecule has 0 spiro atoms. The lowest BCUT2D eigenvalue weighted by Gasteiger charge is -2.22. The lowest BCUT2D eigenvalue weighted by atomic mass is 9.96.